The Morgan fingerprint density at radius 1 is 0.744 bits per heavy atom. The van der Waals surface area contributed by atoms with Crippen LogP contribution in [0.4, 0.5) is 5.69 Å². The molecule has 3 aromatic rings. The van der Waals surface area contributed by atoms with Crippen LogP contribution in [0.1, 0.15) is 71.6 Å². The quantitative estimate of drug-likeness (QED) is 0.112. The number of amides is 2. The first-order valence-corrected chi connectivity index (χ1v) is 15.2. The molecule has 0 aromatic heterocycles. The standard InChI is InChI=1S/C32H29Br2NO4/c1-2-3-4-5-10-19-39-30(38)20-15-17-21(18-16-20)35-28(36)26-27(29(35)37)32(34)23-12-7-6-11-22(23)31(26,33)24-13-8-9-14-25(24)32/h6-9,11-18,26-27H,2-5,10,19H2,1H3/t26-,27+,31?,32?. The summed E-state index contributed by atoms with van der Waals surface area (Å²) in [6, 6.07) is 22.6. The molecular formula is C32H29Br2NO4. The predicted octanol–water partition coefficient (Wildman–Crippen LogP) is 7.22. The maximum Gasteiger partial charge on any atom is 0.338 e. The van der Waals surface area contributed by atoms with Gasteiger partial charge in [0, 0.05) is 0 Å². The topological polar surface area (TPSA) is 63.7 Å². The molecule has 0 unspecified atom stereocenters. The molecule has 2 atom stereocenters. The van der Waals surface area contributed by atoms with Gasteiger partial charge in [-0.2, -0.15) is 0 Å². The lowest BCUT2D eigenvalue weighted by Crippen LogP contribution is -2.56. The maximum absolute atomic E-state index is 14.1. The molecule has 4 aliphatic rings. The van der Waals surface area contributed by atoms with E-state index >= 15 is 0 Å². The molecular weight excluding hydrogens is 622 g/mol. The van der Waals surface area contributed by atoms with Crippen molar-refractivity contribution < 1.29 is 19.1 Å². The van der Waals surface area contributed by atoms with Crippen LogP contribution in [-0.4, -0.2) is 24.4 Å². The van der Waals surface area contributed by atoms with Crippen LogP contribution >= 0.6 is 31.9 Å². The molecule has 5 nitrogen and oxygen atoms in total. The first-order chi connectivity index (χ1) is 18.8. The van der Waals surface area contributed by atoms with E-state index in [1.165, 1.54) is 17.7 Å². The number of anilines is 1. The van der Waals surface area contributed by atoms with Crippen LogP contribution in [0.2, 0.25) is 0 Å². The van der Waals surface area contributed by atoms with Gasteiger partial charge in [0.05, 0.1) is 38.3 Å². The van der Waals surface area contributed by atoms with Gasteiger partial charge in [-0.05, 0) is 52.9 Å². The zero-order chi connectivity index (χ0) is 27.4. The summed E-state index contributed by atoms with van der Waals surface area (Å²) in [6.45, 7) is 2.55. The highest BCUT2D eigenvalue weighted by atomic mass is 79.9. The second kappa shape index (κ2) is 10.0. The minimum absolute atomic E-state index is 0.253. The van der Waals surface area contributed by atoms with Gasteiger partial charge in [-0.3, -0.25) is 9.59 Å². The van der Waals surface area contributed by atoms with Crippen molar-refractivity contribution in [2.45, 2.75) is 47.7 Å². The number of benzene rings is 3. The number of hydrogen-bond acceptors (Lipinski definition) is 4. The number of alkyl halides is 2. The predicted molar refractivity (Wildman–Crippen MR) is 157 cm³/mol. The third-order valence-electron chi connectivity index (χ3n) is 8.43. The van der Waals surface area contributed by atoms with E-state index in [2.05, 4.69) is 38.8 Å². The van der Waals surface area contributed by atoms with E-state index < -0.39 is 26.5 Å². The number of hydrogen-bond donors (Lipinski definition) is 0. The summed E-state index contributed by atoms with van der Waals surface area (Å²) >= 11 is 8.04. The molecule has 7 rings (SSSR count). The molecule has 1 aliphatic heterocycles. The molecule has 3 aromatic carbocycles. The zero-order valence-corrected chi connectivity index (χ0v) is 24.8. The van der Waals surface area contributed by atoms with Crippen LogP contribution in [0, 0.1) is 11.8 Å². The molecule has 200 valence electrons. The SMILES string of the molecule is CCCCCCCOC(=O)c1ccc(N2C(=O)[C@@H]3[C@H](C2=O)C2(Br)c4ccccc4C3(Br)c3ccccc32)cc1. The Bertz CT molecular complexity index is 1350. The second-order valence-corrected chi connectivity index (χ2v) is 13.1. The largest absolute Gasteiger partial charge is 0.462 e. The van der Waals surface area contributed by atoms with Gasteiger partial charge in [-0.25, -0.2) is 9.69 Å². The van der Waals surface area contributed by atoms with Crippen molar-refractivity contribution in [1.29, 1.82) is 0 Å². The molecule has 0 spiro atoms. The van der Waals surface area contributed by atoms with E-state index in [4.69, 9.17) is 4.74 Å². The molecule has 0 radical (unpaired) electrons. The molecule has 0 saturated carbocycles. The number of imide groups is 1. The molecule has 2 bridgehead atoms. The Balaban J connectivity index is 1.30. The molecule has 1 fully saturated rings. The third-order valence-corrected chi connectivity index (χ3v) is 11.1. The third kappa shape index (κ3) is 3.80. The van der Waals surface area contributed by atoms with Crippen LogP contribution < -0.4 is 4.90 Å². The highest BCUT2D eigenvalue weighted by Crippen LogP contribution is 2.70. The van der Waals surface area contributed by atoms with Gasteiger partial charge in [0.15, 0.2) is 0 Å². The zero-order valence-electron chi connectivity index (χ0n) is 21.7. The van der Waals surface area contributed by atoms with Gasteiger partial charge in [-0.1, -0.05) is 113 Å². The number of nitrogens with zero attached hydrogens (tertiary/aromatic N) is 1. The summed E-state index contributed by atoms with van der Waals surface area (Å²) in [5.41, 5.74) is 4.85. The Hall–Kier alpha value is -2.77. The average Bonchev–Trinajstić information content (AvgIpc) is 3.24. The number of rotatable bonds is 8. The Morgan fingerprint density at radius 2 is 1.21 bits per heavy atom. The monoisotopic (exact) mass is 649 g/mol. The fourth-order valence-electron chi connectivity index (χ4n) is 6.62. The Morgan fingerprint density at radius 3 is 1.67 bits per heavy atom. The molecule has 1 heterocycles. The number of esters is 1. The van der Waals surface area contributed by atoms with Crippen LogP contribution in [0.3, 0.4) is 0 Å². The van der Waals surface area contributed by atoms with Crippen molar-refractivity contribution in [2.75, 3.05) is 11.5 Å². The first kappa shape index (κ1) is 26.5. The van der Waals surface area contributed by atoms with Crippen LogP contribution in [-0.2, 0) is 23.0 Å². The fourth-order valence-corrected chi connectivity index (χ4v) is 8.93. The summed E-state index contributed by atoms with van der Waals surface area (Å²) in [7, 11) is 0. The Kier molecular flexibility index (Phi) is 6.79. The normalized spacial score (nSPS) is 26.3. The van der Waals surface area contributed by atoms with Crippen LogP contribution in [0.25, 0.3) is 0 Å². The van der Waals surface area contributed by atoms with E-state index in [1.807, 2.05) is 48.5 Å². The van der Waals surface area contributed by atoms with Crippen LogP contribution in [0.5, 0.6) is 0 Å². The average molecular weight is 651 g/mol. The highest BCUT2D eigenvalue weighted by molar-refractivity contribution is 9.10. The highest BCUT2D eigenvalue weighted by Gasteiger charge is 2.72. The summed E-state index contributed by atoms with van der Waals surface area (Å²) in [5, 5.41) is 0. The number of unbranched alkanes of at least 4 members (excludes halogenated alkanes) is 4. The van der Waals surface area contributed by atoms with Gasteiger partial charge in [0.2, 0.25) is 11.8 Å². The summed E-state index contributed by atoms with van der Waals surface area (Å²) in [5.74, 6) is -2.17. The molecule has 39 heavy (non-hydrogen) atoms. The van der Waals surface area contributed by atoms with E-state index in [-0.39, 0.29) is 11.8 Å². The number of carbonyl (C=O) groups excluding carboxylic acids is 3. The minimum atomic E-state index is -0.831. The van der Waals surface area contributed by atoms with E-state index in [9.17, 15) is 14.4 Å². The van der Waals surface area contributed by atoms with Gasteiger partial charge in [0.25, 0.3) is 0 Å². The molecule has 0 N–H and O–H groups in total. The number of ether oxygens (including phenoxy) is 1. The van der Waals surface area contributed by atoms with E-state index in [0.29, 0.717) is 17.9 Å². The molecule has 1 saturated heterocycles. The number of carbonyl (C=O) groups is 3. The molecule has 7 heteroatoms. The lowest BCUT2D eigenvalue weighted by Gasteiger charge is -2.55. The summed E-state index contributed by atoms with van der Waals surface area (Å²) in [4.78, 5) is 42.1. The van der Waals surface area contributed by atoms with Crippen molar-refractivity contribution in [3.05, 3.63) is 101 Å². The van der Waals surface area contributed by atoms with Crippen LogP contribution in [0.15, 0.2) is 72.8 Å². The summed E-state index contributed by atoms with van der Waals surface area (Å²) in [6.07, 6.45) is 5.39. The van der Waals surface area contributed by atoms with E-state index in [1.54, 1.807) is 24.3 Å². The first-order valence-electron chi connectivity index (χ1n) is 13.6. The molecule has 3 aliphatic carbocycles. The van der Waals surface area contributed by atoms with Gasteiger partial charge in [-0.15, -0.1) is 0 Å². The summed E-state index contributed by atoms with van der Waals surface area (Å²) < 4.78 is 3.77. The lowest BCUT2D eigenvalue weighted by molar-refractivity contribution is -0.122. The smallest absolute Gasteiger partial charge is 0.338 e. The van der Waals surface area contributed by atoms with Crippen molar-refractivity contribution in [2.24, 2.45) is 11.8 Å². The molecule has 2 amide bonds. The van der Waals surface area contributed by atoms with Crippen molar-refractivity contribution >= 4 is 55.3 Å². The van der Waals surface area contributed by atoms with Gasteiger partial charge < -0.3 is 4.74 Å². The Labute approximate surface area is 245 Å². The fraction of sp³-hybridized carbons (Fsp3) is 0.344. The van der Waals surface area contributed by atoms with Crippen molar-refractivity contribution in [3.8, 4) is 0 Å². The lowest BCUT2D eigenvalue weighted by atomic mass is 9.54. The van der Waals surface area contributed by atoms with Gasteiger partial charge in [0.1, 0.15) is 0 Å². The van der Waals surface area contributed by atoms with Gasteiger partial charge >= 0.3 is 5.97 Å². The number of halogens is 2. The minimum Gasteiger partial charge on any atom is -0.462 e. The van der Waals surface area contributed by atoms with E-state index in [0.717, 1.165) is 41.5 Å². The van der Waals surface area contributed by atoms with Crippen molar-refractivity contribution in [1.82, 2.24) is 0 Å². The maximum atomic E-state index is 14.1. The van der Waals surface area contributed by atoms with Crippen molar-refractivity contribution in [3.63, 3.8) is 0 Å². The second-order valence-electron chi connectivity index (χ2n) is 10.6.